The third kappa shape index (κ3) is 2.59. The van der Waals surface area contributed by atoms with Crippen LogP contribution in [0.3, 0.4) is 0 Å². The summed E-state index contributed by atoms with van der Waals surface area (Å²) >= 11 is 0. The van der Waals surface area contributed by atoms with E-state index < -0.39 is 0 Å². The summed E-state index contributed by atoms with van der Waals surface area (Å²) < 4.78 is 12.9. The van der Waals surface area contributed by atoms with Gasteiger partial charge in [0.15, 0.2) is 0 Å². The topological polar surface area (TPSA) is 23.4 Å². The number of ether oxygens (including phenoxy) is 2. The first-order valence-corrected chi connectivity index (χ1v) is 6.97. The molecule has 3 nitrogen and oxygen atoms in total. The van der Waals surface area contributed by atoms with Gasteiger partial charge in [-0.1, -0.05) is 12.1 Å². The van der Waals surface area contributed by atoms with Crippen molar-refractivity contribution in [2.75, 3.05) is 14.2 Å². The lowest BCUT2D eigenvalue weighted by molar-refractivity contribution is 0.393. The van der Waals surface area contributed by atoms with E-state index >= 15 is 0 Å². The van der Waals surface area contributed by atoms with Crippen LogP contribution in [0.25, 0.3) is 10.9 Å². The predicted molar refractivity (Wildman–Crippen MR) is 85.3 cm³/mol. The molecule has 0 N–H and O–H groups in total. The molecule has 0 spiro atoms. The number of hydrogen-bond donors (Lipinski definition) is 0. The van der Waals surface area contributed by atoms with Gasteiger partial charge in [-0.05, 0) is 42.3 Å². The Bertz CT molecular complexity index is 752. The van der Waals surface area contributed by atoms with Crippen molar-refractivity contribution in [3.05, 3.63) is 59.8 Å². The van der Waals surface area contributed by atoms with Gasteiger partial charge in [-0.3, -0.25) is 0 Å². The Labute approximate surface area is 124 Å². The van der Waals surface area contributed by atoms with Gasteiger partial charge < -0.3 is 14.0 Å². The van der Waals surface area contributed by atoms with Crippen LogP contribution in [0.2, 0.25) is 0 Å². The second kappa shape index (κ2) is 5.52. The molecule has 0 atom stereocenters. The quantitative estimate of drug-likeness (QED) is 0.721. The monoisotopic (exact) mass is 281 g/mol. The van der Waals surface area contributed by atoms with Gasteiger partial charge in [-0.25, -0.2) is 0 Å². The largest absolute Gasteiger partial charge is 0.497 e. The molecule has 0 amide bonds. The summed E-state index contributed by atoms with van der Waals surface area (Å²) in [5, 5.41) is 1.30. The Morgan fingerprint density at radius 3 is 2.33 bits per heavy atom. The van der Waals surface area contributed by atoms with Crippen LogP contribution in [0.5, 0.6) is 11.5 Å². The minimum Gasteiger partial charge on any atom is -0.497 e. The zero-order chi connectivity index (χ0) is 14.8. The Morgan fingerprint density at radius 1 is 0.952 bits per heavy atom. The van der Waals surface area contributed by atoms with Gasteiger partial charge in [0.2, 0.25) is 0 Å². The van der Waals surface area contributed by atoms with E-state index in [4.69, 9.17) is 9.47 Å². The molecule has 0 unspecified atom stereocenters. The minimum absolute atomic E-state index is 0.792. The first-order chi connectivity index (χ1) is 10.2. The first kappa shape index (κ1) is 13.6. The van der Waals surface area contributed by atoms with Crippen molar-refractivity contribution in [3.8, 4) is 11.5 Å². The number of methoxy groups -OCH3 is 2. The third-order valence-electron chi connectivity index (χ3n) is 3.80. The molecule has 3 heteroatoms. The Morgan fingerprint density at radius 2 is 1.67 bits per heavy atom. The summed E-state index contributed by atoms with van der Waals surface area (Å²) in [4.78, 5) is 0. The van der Waals surface area contributed by atoms with E-state index in [0.717, 1.165) is 23.6 Å². The average molecular weight is 281 g/mol. The van der Waals surface area contributed by atoms with Gasteiger partial charge in [0, 0.05) is 29.7 Å². The Hall–Kier alpha value is -2.42. The van der Waals surface area contributed by atoms with Crippen LogP contribution < -0.4 is 9.47 Å². The van der Waals surface area contributed by atoms with Crippen molar-refractivity contribution >= 4 is 10.9 Å². The van der Waals surface area contributed by atoms with Crippen LogP contribution in [0.15, 0.2) is 48.7 Å². The van der Waals surface area contributed by atoms with Crippen molar-refractivity contribution in [2.45, 2.75) is 13.5 Å². The lowest BCUT2D eigenvalue weighted by Crippen LogP contribution is -1.99. The van der Waals surface area contributed by atoms with Crippen molar-refractivity contribution in [2.24, 2.45) is 0 Å². The van der Waals surface area contributed by atoms with E-state index in [1.165, 1.54) is 16.5 Å². The number of benzene rings is 2. The van der Waals surface area contributed by atoms with Crippen LogP contribution in [0, 0.1) is 6.92 Å². The molecule has 21 heavy (non-hydrogen) atoms. The summed E-state index contributed by atoms with van der Waals surface area (Å²) in [6.45, 7) is 2.93. The molecule has 0 radical (unpaired) electrons. The van der Waals surface area contributed by atoms with Crippen LogP contribution in [0.1, 0.15) is 11.1 Å². The fourth-order valence-corrected chi connectivity index (χ4v) is 2.67. The average Bonchev–Trinajstić information content (AvgIpc) is 2.91. The SMILES string of the molecule is COc1cc(Cn2ccc3c(C)cccc32)cc(OC)c1. The number of nitrogens with zero attached hydrogens (tertiary/aromatic N) is 1. The van der Waals surface area contributed by atoms with Crippen molar-refractivity contribution in [1.82, 2.24) is 4.57 Å². The van der Waals surface area contributed by atoms with E-state index in [1.807, 2.05) is 18.2 Å². The van der Waals surface area contributed by atoms with Gasteiger partial charge in [0.1, 0.15) is 11.5 Å². The molecule has 0 saturated heterocycles. The van der Waals surface area contributed by atoms with Crippen LogP contribution in [-0.4, -0.2) is 18.8 Å². The molecular weight excluding hydrogens is 262 g/mol. The summed E-state index contributed by atoms with van der Waals surface area (Å²) in [6.07, 6.45) is 2.13. The molecule has 0 aliphatic heterocycles. The number of hydrogen-bond acceptors (Lipinski definition) is 2. The second-order valence-corrected chi connectivity index (χ2v) is 5.17. The van der Waals surface area contributed by atoms with Gasteiger partial charge in [-0.2, -0.15) is 0 Å². The third-order valence-corrected chi connectivity index (χ3v) is 3.80. The summed E-state index contributed by atoms with van der Waals surface area (Å²) in [5.74, 6) is 1.63. The van der Waals surface area contributed by atoms with Gasteiger partial charge >= 0.3 is 0 Å². The Balaban J connectivity index is 2.00. The number of rotatable bonds is 4. The zero-order valence-corrected chi connectivity index (χ0v) is 12.6. The van der Waals surface area contributed by atoms with Gasteiger partial charge in [0.05, 0.1) is 14.2 Å². The first-order valence-electron chi connectivity index (χ1n) is 6.97. The van der Waals surface area contributed by atoms with Crippen molar-refractivity contribution in [1.29, 1.82) is 0 Å². The smallest absolute Gasteiger partial charge is 0.122 e. The molecule has 0 bridgehead atoms. The zero-order valence-electron chi connectivity index (χ0n) is 12.6. The molecule has 1 heterocycles. The molecule has 2 aromatic carbocycles. The van der Waals surface area contributed by atoms with E-state index in [-0.39, 0.29) is 0 Å². The highest BCUT2D eigenvalue weighted by molar-refractivity contribution is 5.83. The normalized spacial score (nSPS) is 10.8. The molecule has 0 saturated carbocycles. The highest BCUT2D eigenvalue weighted by Crippen LogP contribution is 2.25. The van der Waals surface area contributed by atoms with Gasteiger partial charge in [-0.15, -0.1) is 0 Å². The van der Waals surface area contributed by atoms with Gasteiger partial charge in [0.25, 0.3) is 0 Å². The predicted octanol–water partition coefficient (Wildman–Crippen LogP) is 4.02. The molecule has 3 aromatic rings. The van der Waals surface area contributed by atoms with Crippen LogP contribution >= 0.6 is 0 Å². The molecule has 0 aliphatic carbocycles. The second-order valence-electron chi connectivity index (χ2n) is 5.17. The van der Waals surface area contributed by atoms with E-state index in [0.29, 0.717) is 0 Å². The maximum atomic E-state index is 5.33. The van der Waals surface area contributed by atoms with Crippen molar-refractivity contribution < 1.29 is 9.47 Å². The molecule has 108 valence electrons. The summed E-state index contributed by atoms with van der Waals surface area (Å²) in [6, 6.07) is 14.5. The van der Waals surface area contributed by atoms with Crippen LogP contribution in [0.4, 0.5) is 0 Å². The molecule has 3 rings (SSSR count). The number of aryl methyl sites for hydroxylation is 1. The molecular formula is C18H19NO2. The van der Waals surface area contributed by atoms with E-state index in [2.05, 4.69) is 42.0 Å². The molecule has 0 fully saturated rings. The highest BCUT2D eigenvalue weighted by Gasteiger charge is 2.06. The minimum atomic E-state index is 0.792. The number of aromatic nitrogens is 1. The maximum Gasteiger partial charge on any atom is 0.122 e. The lowest BCUT2D eigenvalue weighted by Gasteiger charge is -2.10. The summed E-state index contributed by atoms with van der Waals surface area (Å²) in [5.41, 5.74) is 3.71. The van der Waals surface area contributed by atoms with E-state index in [1.54, 1.807) is 14.2 Å². The molecule has 0 aliphatic rings. The fourth-order valence-electron chi connectivity index (χ4n) is 2.67. The number of fused-ring (bicyclic) bond motifs is 1. The lowest BCUT2D eigenvalue weighted by atomic mass is 10.1. The maximum absolute atomic E-state index is 5.33. The Kier molecular flexibility index (Phi) is 3.57. The van der Waals surface area contributed by atoms with Crippen LogP contribution in [-0.2, 0) is 6.54 Å². The van der Waals surface area contributed by atoms with Crippen molar-refractivity contribution in [3.63, 3.8) is 0 Å². The molecule has 1 aromatic heterocycles. The standard InChI is InChI=1S/C18H19NO2/c1-13-5-4-6-18-17(13)7-8-19(18)12-14-9-15(20-2)11-16(10-14)21-3/h4-11H,12H2,1-3H3. The highest BCUT2D eigenvalue weighted by atomic mass is 16.5. The van der Waals surface area contributed by atoms with E-state index in [9.17, 15) is 0 Å². The summed E-state index contributed by atoms with van der Waals surface area (Å²) in [7, 11) is 3.35. The fraction of sp³-hybridized carbons (Fsp3) is 0.222.